The molecule has 0 aromatic carbocycles. The van der Waals surface area contributed by atoms with Crippen LogP contribution in [-0.4, -0.2) is 18.9 Å². The number of Topliss-reactive ketones (excluding diaryl/α,β-unsaturated/α-hetero) is 1. The number of hydrogen-bond acceptors (Lipinski definition) is 3. The van der Waals surface area contributed by atoms with Gasteiger partial charge in [0.25, 0.3) is 0 Å². The maximum Gasteiger partial charge on any atom is 0.168 e. The van der Waals surface area contributed by atoms with Crippen molar-refractivity contribution in [3.05, 3.63) is 21.9 Å². The highest BCUT2D eigenvalue weighted by Gasteiger charge is 2.22. The van der Waals surface area contributed by atoms with Gasteiger partial charge in [-0.2, -0.15) is 0 Å². The van der Waals surface area contributed by atoms with Gasteiger partial charge in [-0.1, -0.05) is 0 Å². The Morgan fingerprint density at radius 1 is 1.64 bits per heavy atom. The van der Waals surface area contributed by atoms with E-state index in [0.717, 1.165) is 31.5 Å². The number of carbonyl (C=O) groups is 1. The van der Waals surface area contributed by atoms with Crippen molar-refractivity contribution < 1.29 is 4.79 Å². The number of nitrogens with one attached hydrogen (secondary N) is 1. The van der Waals surface area contributed by atoms with E-state index in [9.17, 15) is 4.79 Å². The van der Waals surface area contributed by atoms with E-state index in [1.807, 2.05) is 18.4 Å². The Morgan fingerprint density at radius 3 is 3.07 bits per heavy atom. The molecule has 0 aliphatic carbocycles. The number of hydrogen-bond donors (Lipinski definition) is 1. The van der Waals surface area contributed by atoms with Crippen molar-refractivity contribution in [1.82, 2.24) is 5.32 Å². The van der Waals surface area contributed by atoms with Crippen molar-refractivity contribution in [3.8, 4) is 0 Å². The van der Waals surface area contributed by atoms with Gasteiger partial charge in [-0.3, -0.25) is 4.79 Å². The molecule has 1 N–H and O–H groups in total. The summed E-state index contributed by atoms with van der Waals surface area (Å²) < 4.78 is 0. The molecule has 2 nitrogen and oxygen atoms in total. The van der Waals surface area contributed by atoms with Gasteiger partial charge in [0, 0.05) is 28.3 Å². The molecule has 1 aromatic rings. The summed E-state index contributed by atoms with van der Waals surface area (Å²) in [4.78, 5) is 13.2. The Bertz CT molecular complexity index is 326. The number of rotatable bonds is 2. The van der Waals surface area contributed by atoms with Gasteiger partial charge in [0.05, 0.1) is 0 Å². The predicted molar refractivity (Wildman–Crippen MR) is 59.0 cm³/mol. The first-order valence-corrected chi connectivity index (χ1v) is 5.95. The van der Waals surface area contributed by atoms with E-state index in [4.69, 9.17) is 0 Å². The summed E-state index contributed by atoms with van der Waals surface area (Å²) in [6.45, 7) is 3.96. The molecule has 1 atom stereocenters. The van der Waals surface area contributed by atoms with Gasteiger partial charge in [0.1, 0.15) is 0 Å². The van der Waals surface area contributed by atoms with E-state index >= 15 is 0 Å². The SMILES string of the molecule is Cc1cc(C(=O)C2CCCNC2)cs1. The highest BCUT2D eigenvalue weighted by atomic mass is 32.1. The minimum absolute atomic E-state index is 0.206. The van der Waals surface area contributed by atoms with Crippen LogP contribution in [0.15, 0.2) is 11.4 Å². The van der Waals surface area contributed by atoms with E-state index in [2.05, 4.69) is 5.32 Å². The van der Waals surface area contributed by atoms with Crippen molar-refractivity contribution in [2.45, 2.75) is 19.8 Å². The lowest BCUT2D eigenvalue weighted by Gasteiger charge is -2.20. The standard InChI is InChI=1S/C11H15NOS/c1-8-5-10(7-14-8)11(13)9-3-2-4-12-6-9/h5,7,9,12H,2-4,6H2,1H3. The zero-order valence-corrected chi connectivity index (χ0v) is 9.19. The molecule has 1 aromatic heterocycles. The molecule has 14 heavy (non-hydrogen) atoms. The van der Waals surface area contributed by atoms with Crippen molar-refractivity contribution in [1.29, 1.82) is 0 Å². The molecule has 1 fully saturated rings. The van der Waals surface area contributed by atoms with E-state index in [0.29, 0.717) is 5.78 Å². The molecular weight excluding hydrogens is 194 g/mol. The van der Waals surface area contributed by atoms with Gasteiger partial charge in [-0.15, -0.1) is 11.3 Å². The van der Waals surface area contributed by atoms with Gasteiger partial charge < -0.3 is 5.32 Å². The first-order valence-electron chi connectivity index (χ1n) is 5.07. The number of thiophene rings is 1. The van der Waals surface area contributed by atoms with E-state index < -0.39 is 0 Å². The zero-order valence-electron chi connectivity index (χ0n) is 8.38. The minimum Gasteiger partial charge on any atom is -0.316 e. The molecule has 0 spiro atoms. The first-order chi connectivity index (χ1) is 6.77. The third-order valence-electron chi connectivity index (χ3n) is 2.68. The third-order valence-corrected chi connectivity index (χ3v) is 3.54. The highest BCUT2D eigenvalue weighted by molar-refractivity contribution is 7.10. The summed E-state index contributed by atoms with van der Waals surface area (Å²) in [6, 6.07) is 2.00. The van der Waals surface area contributed by atoms with Crippen LogP contribution in [0.3, 0.4) is 0 Å². The Labute approximate surface area is 88.3 Å². The molecule has 1 saturated heterocycles. The fraction of sp³-hybridized carbons (Fsp3) is 0.545. The topological polar surface area (TPSA) is 29.1 Å². The molecule has 0 amide bonds. The smallest absolute Gasteiger partial charge is 0.168 e. The van der Waals surface area contributed by atoms with E-state index in [-0.39, 0.29) is 5.92 Å². The molecule has 0 bridgehead atoms. The van der Waals surface area contributed by atoms with Crippen LogP contribution >= 0.6 is 11.3 Å². The van der Waals surface area contributed by atoms with Crippen LogP contribution in [0.1, 0.15) is 28.1 Å². The summed E-state index contributed by atoms with van der Waals surface area (Å²) in [7, 11) is 0. The van der Waals surface area contributed by atoms with Crippen LogP contribution in [0.25, 0.3) is 0 Å². The first kappa shape index (κ1) is 9.87. The number of carbonyl (C=O) groups excluding carboxylic acids is 1. The maximum absolute atomic E-state index is 12.0. The minimum atomic E-state index is 0.206. The molecule has 0 radical (unpaired) electrons. The van der Waals surface area contributed by atoms with Gasteiger partial charge in [-0.25, -0.2) is 0 Å². The molecule has 2 heterocycles. The largest absolute Gasteiger partial charge is 0.316 e. The van der Waals surface area contributed by atoms with Crippen molar-refractivity contribution in [2.24, 2.45) is 5.92 Å². The van der Waals surface area contributed by atoms with Crippen molar-refractivity contribution in [2.75, 3.05) is 13.1 Å². The molecule has 2 rings (SSSR count). The number of ketones is 1. The summed E-state index contributed by atoms with van der Waals surface area (Å²) >= 11 is 1.66. The highest BCUT2D eigenvalue weighted by Crippen LogP contribution is 2.20. The molecule has 1 unspecified atom stereocenters. The molecule has 1 aliphatic rings. The predicted octanol–water partition coefficient (Wildman–Crippen LogP) is 2.24. The van der Waals surface area contributed by atoms with Crippen LogP contribution in [0.2, 0.25) is 0 Å². The molecular formula is C11H15NOS. The second-order valence-corrected chi connectivity index (χ2v) is 4.97. The second kappa shape index (κ2) is 4.24. The maximum atomic E-state index is 12.0. The molecule has 0 saturated carbocycles. The van der Waals surface area contributed by atoms with Crippen LogP contribution in [0.5, 0.6) is 0 Å². The Balaban J connectivity index is 2.07. The van der Waals surface area contributed by atoms with Crippen LogP contribution in [0, 0.1) is 12.8 Å². The van der Waals surface area contributed by atoms with Gasteiger partial charge in [0.15, 0.2) is 5.78 Å². The van der Waals surface area contributed by atoms with E-state index in [1.54, 1.807) is 11.3 Å². The molecule has 3 heteroatoms. The monoisotopic (exact) mass is 209 g/mol. The third kappa shape index (κ3) is 2.04. The zero-order chi connectivity index (χ0) is 9.97. The summed E-state index contributed by atoms with van der Waals surface area (Å²) in [5.74, 6) is 0.527. The van der Waals surface area contributed by atoms with Crippen LogP contribution in [-0.2, 0) is 0 Å². The second-order valence-electron chi connectivity index (χ2n) is 3.85. The number of piperidine rings is 1. The van der Waals surface area contributed by atoms with Crippen LogP contribution < -0.4 is 5.32 Å². The van der Waals surface area contributed by atoms with Gasteiger partial charge >= 0.3 is 0 Å². The molecule has 76 valence electrons. The fourth-order valence-electron chi connectivity index (χ4n) is 1.88. The van der Waals surface area contributed by atoms with Crippen molar-refractivity contribution in [3.63, 3.8) is 0 Å². The van der Waals surface area contributed by atoms with Gasteiger partial charge in [0.2, 0.25) is 0 Å². The van der Waals surface area contributed by atoms with Crippen LogP contribution in [0.4, 0.5) is 0 Å². The quantitative estimate of drug-likeness (QED) is 0.757. The Hall–Kier alpha value is -0.670. The lowest BCUT2D eigenvalue weighted by Crippen LogP contribution is -2.34. The van der Waals surface area contributed by atoms with Crippen molar-refractivity contribution >= 4 is 17.1 Å². The number of aryl methyl sites for hydroxylation is 1. The van der Waals surface area contributed by atoms with Gasteiger partial charge in [-0.05, 0) is 32.4 Å². The Morgan fingerprint density at radius 2 is 2.50 bits per heavy atom. The normalized spacial score (nSPS) is 22.2. The fourth-order valence-corrected chi connectivity index (χ4v) is 2.58. The Kier molecular flexibility index (Phi) is 2.99. The lowest BCUT2D eigenvalue weighted by molar-refractivity contribution is 0.0900. The average molecular weight is 209 g/mol. The molecule has 1 aliphatic heterocycles. The average Bonchev–Trinajstić information content (AvgIpc) is 2.65. The summed E-state index contributed by atoms with van der Waals surface area (Å²) in [5.41, 5.74) is 0.904. The lowest BCUT2D eigenvalue weighted by atomic mass is 9.92. The summed E-state index contributed by atoms with van der Waals surface area (Å²) in [6.07, 6.45) is 2.17. The summed E-state index contributed by atoms with van der Waals surface area (Å²) in [5, 5.41) is 5.25. The van der Waals surface area contributed by atoms with E-state index in [1.165, 1.54) is 4.88 Å².